The van der Waals surface area contributed by atoms with E-state index in [1.54, 1.807) is 50.6 Å². The summed E-state index contributed by atoms with van der Waals surface area (Å²) in [6, 6.07) is 19.4. The van der Waals surface area contributed by atoms with E-state index >= 15 is 0 Å². The van der Waals surface area contributed by atoms with E-state index in [0.717, 1.165) is 22.0 Å². The molecule has 5 nitrogen and oxygen atoms in total. The van der Waals surface area contributed by atoms with Crippen molar-refractivity contribution in [2.75, 3.05) is 12.9 Å². The van der Waals surface area contributed by atoms with Gasteiger partial charge in [-0.15, -0.1) is 0 Å². The molecule has 0 amide bonds. The number of sulfone groups is 1. The Kier molecular flexibility index (Phi) is 5.85. The number of ether oxygens (including phenoxy) is 2. The first-order valence-corrected chi connectivity index (χ1v) is 11.7. The predicted molar refractivity (Wildman–Crippen MR) is 123 cm³/mol. The number of fused-ring (bicyclic) bond motifs is 1. The number of nitrogens with zero attached hydrogens (tertiary/aromatic N) is 1. The highest BCUT2D eigenvalue weighted by molar-refractivity contribution is 7.91. The first kappa shape index (κ1) is 21.2. The summed E-state index contributed by atoms with van der Waals surface area (Å²) < 4.78 is 35.8. The Morgan fingerprint density at radius 2 is 1.71 bits per heavy atom. The number of pyridine rings is 1. The Labute approximate surface area is 186 Å². The Hall–Kier alpha value is -3.09. The zero-order valence-electron chi connectivity index (χ0n) is 17.0. The summed E-state index contributed by atoms with van der Waals surface area (Å²) in [6.45, 7) is 1.61. The number of rotatable bonds is 6. The van der Waals surface area contributed by atoms with E-state index in [9.17, 15) is 8.42 Å². The van der Waals surface area contributed by atoms with E-state index in [-0.39, 0.29) is 10.6 Å². The Morgan fingerprint density at radius 3 is 2.48 bits per heavy atom. The average molecular weight is 454 g/mol. The van der Waals surface area contributed by atoms with Gasteiger partial charge in [0.05, 0.1) is 17.8 Å². The van der Waals surface area contributed by atoms with Crippen LogP contribution in [0.4, 0.5) is 0 Å². The second kappa shape index (κ2) is 8.57. The van der Waals surface area contributed by atoms with Gasteiger partial charge in [-0.2, -0.15) is 0 Å². The van der Waals surface area contributed by atoms with Gasteiger partial charge < -0.3 is 9.47 Å². The molecule has 1 aromatic heterocycles. The minimum absolute atomic E-state index is 0.0279. The fraction of sp³-hybridized carbons (Fsp3) is 0.125. The third kappa shape index (κ3) is 4.22. The van der Waals surface area contributed by atoms with Crippen LogP contribution in [0.3, 0.4) is 0 Å². The maximum absolute atomic E-state index is 12.2. The molecule has 0 saturated carbocycles. The molecule has 0 atom stereocenters. The van der Waals surface area contributed by atoms with Gasteiger partial charge in [0, 0.05) is 22.2 Å². The fourth-order valence-electron chi connectivity index (χ4n) is 3.36. The summed E-state index contributed by atoms with van der Waals surface area (Å²) in [5, 5.41) is 1.46. The average Bonchev–Trinajstić information content (AvgIpc) is 2.79. The van der Waals surface area contributed by atoms with Crippen LogP contribution < -0.4 is 9.47 Å². The summed E-state index contributed by atoms with van der Waals surface area (Å²) in [4.78, 5) is 4.67. The lowest BCUT2D eigenvalue weighted by atomic mass is 10.0. The Balaban J connectivity index is 1.76. The SMILES string of the molecule is CCS(=O)(=O)c1cccc(Oc2ccc(Cl)c(-c3ccnc4c(OC)cccc34)c2)c1. The molecule has 0 N–H and O–H groups in total. The molecule has 3 aromatic carbocycles. The molecule has 0 aliphatic carbocycles. The van der Waals surface area contributed by atoms with Crippen molar-refractivity contribution in [2.45, 2.75) is 11.8 Å². The molecule has 0 aliphatic heterocycles. The van der Waals surface area contributed by atoms with Crippen molar-refractivity contribution >= 4 is 32.3 Å². The highest BCUT2D eigenvalue weighted by Crippen LogP contribution is 2.38. The van der Waals surface area contributed by atoms with Crippen molar-refractivity contribution in [3.05, 3.63) is 77.9 Å². The molecule has 0 radical (unpaired) electrons. The zero-order chi connectivity index (χ0) is 22.0. The van der Waals surface area contributed by atoms with Crippen molar-refractivity contribution < 1.29 is 17.9 Å². The van der Waals surface area contributed by atoms with Crippen molar-refractivity contribution in [3.8, 4) is 28.4 Å². The van der Waals surface area contributed by atoms with Crippen LogP contribution >= 0.6 is 11.6 Å². The number of para-hydroxylation sites is 1. The quantitative estimate of drug-likeness (QED) is 0.350. The lowest BCUT2D eigenvalue weighted by Gasteiger charge is -2.13. The van der Waals surface area contributed by atoms with Crippen LogP contribution in [0, 0.1) is 0 Å². The molecule has 7 heteroatoms. The van der Waals surface area contributed by atoms with Gasteiger partial charge in [-0.05, 0) is 54.1 Å². The largest absolute Gasteiger partial charge is 0.494 e. The maximum Gasteiger partial charge on any atom is 0.178 e. The van der Waals surface area contributed by atoms with E-state index in [2.05, 4.69) is 4.98 Å². The maximum atomic E-state index is 12.2. The minimum atomic E-state index is -3.32. The smallest absolute Gasteiger partial charge is 0.178 e. The van der Waals surface area contributed by atoms with E-state index in [4.69, 9.17) is 21.1 Å². The van der Waals surface area contributed by atoms with E-state index in [1.165, 1.54) is 6.07 Å². The van der Waals surface area contributed by atoms with Crippen LogP contribution in [0.25, 0.3) is 22.0 Å². The Morgan fingerprint density at radius 1 is 0.935 bits per heavy atom. The molecule has 0 bridgehead atoms. The van der Waals surface area contributed by atoms with Crippen LogP contribution in [0.1, 0.15) is 6.92 Å². The number of methoxy groups -OCH3 is 1. The lowest BCUT2D eigenvalue weighted by Crippen LogP contribution is -2.03. The molecule has 0 fully saturated rings. The summed E-state index contributed by atoms with van der Waals surface area (Å²) in [5.74, 6) is 1.68. The second-order valence-corrected chi connectivity index (χ2v) is 9.52. The second-order valence-electron chi connectivity index (χ2n) is 6.84. The van der Waals surface area contributed by atoms with Crippen molar-refractivity contribution in [1.82, 2.24) is 4.98 Å². The molecule has 0 aliphatic rings. The fourth-order valence-corrected chi connectivity index (χ4v) is 4.49. The van der Waals surface area contributed by atoms with Crippen LogP contribution in [-0.4, -0.2) is 26.3 Å². The number of hydrogen-bond donors (Lipinski definition) is 0. The zero-order valence-corrected chi connectivity index (χ0v) is 18.6. The third-order valence-electron chi connectivity index (χ3n) is 4.96. The van der Waals surface area contributed by atoms with Gasteiger partial charge in [-0.1, -0.05) is 36.7 Å². The highest BCUT2D eigenvalue weighted by atomic mass is 35.5. The molecular formula is C24H20ClNO4S. The van der Waals surface area contributed by atoms with Crippen LogP contribution in [-0.2, 0) is 9.84 Å². The normalized spacial score (nSPS) is 11.5. The lowest BCUT2D eigenvalue weighted by molar-refractivity contribution is 0.419. The first-order valence-electron chi connectivity index (χ1n) is 9.65. The summed E-state index contributed by atoms with van der Waals surface area (Å²) >= 11 is 6.53. The number of aromatic nitrogens is 1. The molecule has 4 rings (SSSR count). The topological polar surface area (TPSA) is 65.5 Å². The molecule has 4 aromatic rings. The van der Waals surface area contributed by atoms with E-state index < -0.39 is 9.84 Å². The Bertz CT molecular complexity index is 1370. The van der Waals surface area contributed by atoms with Gasteiger partial charge >= 0.3 is 0 Å². The van der Waals surface area contributed by atoms with Gasteiger partial charge in [0.15, 0.2) is 9.84 Å². The molecule has 158 valence electrons. The molecule has 0 unspecified atom stereocenters. The van der Waals surface area contributed by atoms with Gasteiger partial charge in [0.25, 0.3) is 0 Å². The van der Waals surface area contributed by atoms with Crippen molar-refractivity contribution in [2.24, 2.45) is 0 Å². The van der Waals surface area contributed by atoms with Gasteiger partial charge in [0.2, 0.25) is 0 Å². The first-order chi connectivity index (χ1) is 14.9. The number of hydrogen-bond acceptors (Lipinski definition) is 5. The van der Waals surface area contributed by atoms with Crippen LogP contribution in [0.15, 0.2) is 77.8 Å². The number of benzene rings is 3. The predicted octanol–water partition coefficient (Wildman–Crippen LogP) is 6.15. The number of halogens is 1. The van der Waals surface area contributed by atoms with Crippen LogP contribution in [0.5, 0.6) is 17.2 Å². The summed E-state index contributed by atoms with van der Waals surface area (Å²) in [6.07, 6.45) is 1.71. The van der Waals surface area contributed by atoms with Gasteiger partial charge in [-0.25, -0.2) is 8.42 Å². The molecule has 31 heavy (non-hydrogen) atoms. The molecule has 1 heterocycles. The van der Waals surface area contributed by atoms with Crippen molar-refractivity contribution in [1.29, 1.82) is 0 Å². The monoisotopic (exact) mass is 453 g/mol. The van der Waals surface area contributed by atoms with E-state index in [0.29, 0.717) is 22.3 Å². The van der Waals surface area contributed by atoms with Gasteiger partial charge in [-0.3, -0.25) is 4.98 Å². The highest BCUT2D eigenvalue weighted by Gasteiger charge is 2.14. The van der Waals surface area contributed by atoms with E-state index in [1.807, 2.05) is 30.3 Å². The molecular weight excluding hydrogens is 434 g/mol. The summed E-state index contributed by atoms with van der Waals surface area (Å²) in [5.41, 5.74) is 2.40. The minimum Gasteiger partial charge on any atom is -0.494 e. The molecule has 0 saturated heterocycles. The molecule has 0 spiro atoms. The van der Waals surface area contributed by atoms with Crippen LogP contribution in [0.2, 0.25) is 5.02 Å². The summed E-state index contributed by atoms with van der Waals surface area (Å²) in [7, 11) is -1.71. The van der Waals surface area contributed by atoms with Crippen molar-refractivity contribution in [3.63, 3.8) is 0 Å². The third-order valence-corrected chi connectivity index (χ3v) is 7.02. The van der Waals surface area contributed by atoms with Gasteiger partial charge in [0.1, 0.15) is 22.8 Å². The standard InChI is InChI=1S/C24H20ClNO4S/c1-3-31(27,28)18-7-4-6-16(14-18)30-17-10-11-22(25)21(15-17)19-12-13-26-24-20(19)8-5-9-23(24)29-2/h4-15H,3H2,1-2H3.